The molecule has 1 fully saturated rings. The first-order chi connectivity index (χ1) is 12.3. The van der Waals surface area contributed by atoms with Gasteiger partial charge < -0.3 is 19.8 Å². The lowest BCUT2D eigenvalue weighted by atomic mass is 10.1. The lowest BCUT2D eigenvalue weighted by Crippen LogP contribution is -2.18. The fourth-order valence-electron chi connectivity index (χ4n) is 3.66. The van der Waals surface area contributed by atoms with Crippen molar-refractivity contribution in [1.82, 2.24) is 14.8 Å². The number of nitrogens with one attached hydrogen (secondary N) is 2. The van der Waals surface area contributed by atoms with Crippen LogP contribution in [0.1, 0.15) is 25.5 Å². The molecule has 0 saturated carbocycles. The van der Waals surface area contributed by atoms with Crippen molar-refractivity contribution in [3.05, 3.63) is 29.0 Å². The van der Waals surface area contributed by atoms with Crippen molar-refractivity contribution in [2.24, 2.45) is 0 Å². The summed E-state index contributed by atoms with van der Waals surface area (Å²) >= 11 is 3.57. The zero-order valence-corrected chi connectivity index (χ0v) is 15.3. The lowest BCUT2D eigenvalue weighted by molar-refractivity contribution is -0.0394. The van der Waals surface area contributed by atoms with Gasteiger partial charge in [-0.2, -0.15) is 5.10 Å². The van der Waals surface area contributed by atoms with Gasteiger partial charge >= 0.3 is 0 Å². The maximum absolute atomic E-state index is 5.90. The lowest BCUT2D eigenvalue weighted by Gasteiger charge is -2.22. The normalized spacial score (nSPS) is 20.1. The average molecular weight is 403 g/mol. The van der Waals surface area contributed by atoms with E-state index in [1.807, 2.05) is 16.9 Å². The average Bonchev–Trinajstić information content (AvgIpc) is 3.18. The van der Waals surface area contributed by atoms with Crippen LogP contribution in [-0.4, -0.2) is 34.5 Å². The van der Waals surface area contributed by atoms with Crippen molar-refractivity contribution in [2.75, 3.05) is 25.1 Å². The number of nitrogens with zero attached hydrogens (tertiary/aromatic N) is 2. The minimum atomic E-state index is 0.0482. The molecule has 4 heterocycles. The number of H-pyrrole nitrogens is 1. The fraction of sp³-hybridized carbons (Fsp3) is 0.389. The molecule has 2 aromatic heterocycles. The van der Waals surface area contributed by atoms with E-state index in [2.05, 4.69) is 43.6 Å². The molecule has 130 valence electrons. The molecule has 6 nitrogen and oxygen atoms in total. The van der Waals surface area contributed by atoms with Crippen LogP contribution in [0.15, 0.2) is 29.0 Å². The Labute approximate surface area is 153 Å². The van der Waals surface area contributed by atoms with Crippen LogP contribution >= 0.6 is 15.9 Å². The topological polar surface area (TPSA) is 64.1 Å². The van der Waals surface area contributed by atoms with Crippen LogP contribution in [0.5, 0.6) is 5.75 Å². The molecular formula is C18H19BrN4O2. The molecular weight excluding hydrogens is 384 g/mol. The molecule has 1 saturated heterocycles. The molecule has 0 radical (unpaired) electrons. The first-order valence-corrected chi connectivity index (χ1v) is 9.47. The van der Waals surface area contributed by atoms with E-state index < -0.39 is 0 Å². The van der Waals surface area contributed by atoms with Gasteiger partial charge in [-0.15, -0.1) is 0 Å². The minimum Gasteiger partial charge on any atom is -0.491 e. The summed E-state index contributed by atoms with van der Waals surface area (Å²) in [7, 11) is 0. The summed E-state index contributed by atoms with van der Waals surface area (Å²) in [5.41, 5.74) is 4.23. The second kappa shape index (κ2) is 6.07. The third kappa shape index (κ3) is 2.62. The van der Waals surface area contributed by atoms with Crippen LogP contribution in [-0.2, 0) is 4.74 Å². The molecule has 3 aromatic rings. The highest BCUT2D eigenvalue weighted by atomic mass is 79.9. The molecule has 1 aromatic carbocycles. The van der Waals surface area contributed by atoms with Gasteiger partial charge in [0.1, 0.15) is 18.6 Å². The first-order valence-electron chi connectivity index (χ1n) is 8.67. The van der Waals surface area contributed by atoms with Crippen molar-refractivity contribution in [3.63, 3.8) is 0 Å². The molecule has 25 heavy (non-hydrogen) atoms. The summed E-state index contributed by atoms with van der Waals surface area (Å²) < 4.78 is 14.7. The molecule has 1 unspecified atom stereocenters. The predicted octanol–water partition coefficient (Wildman–Crippen LogP) is 4.30. The van der Waals surface area contributed by atoms with Crippen molar-refractivity contribution in [2.45, 2.75) is 25.5 Å². The summed E-state index contributed by atoms with van der Waals surface area (Å²) in [6.45, 7) is 2.23. The molecule has 0 spiro atoms. The Bertz CT molecular complexity index is 927. The maximum Gasteiger partial charge on any atom is 0.150 e. The number of hydrogen-bond donors (Lipinski definition) is 2. The molecule has 0 amide bonds. The molecule has 1 atom stereocenters. The van der Waals surface area contributed by atoms with Crippen LogP contribution in [0.3, 0.4) is 0 Å². The van der Waals surface area contributed by atoms with E-state index in [1.165, 1.54) is 6.42 Å². The highest BCUT2D eigenvalue weighted by molar-refractivity contribution is 9.10. The number of aromatic amines is 1. The number of benzene rings is 1. The number of ether oxygens (including phenoxy) is 2. The van der Waals surface area contributed by atoms with E-state index in [9.17, 15) is 0 Å². The van der Waals surface area contributed by atoms with Crippen LogP contribution in [0.25, 0.3) is 22.2 Å². The minimum absolute atomic E-state index is 0.0482. The first kappa shape index (κ1) is 15.3. The van der Waals surface area contributed by atoms with Gasteiger partial charge in [-0.25, -0.2) is 4.68 Å². The highest BCUT2D eigenvalue weighted by Gasteiger charge is 2.22. The van der Waals surface area contributed by atoms with Crippen LogP contribution in [0.4, 0.5) is 5.69 Å². The van der Waals surface area contributed by atoms with Crippen LogP contribution in [0, 0.1) is 0 Å². The SMILES string of the molecule is Brc1cc2c3c(c(-c4cnn(C5CCCCO5)c4)[nH]c3c1)NCCO2. The summed E-state index contributed by atoms with van der Waals surface area (Å²) in [5.74, 6) is 0.898. The zero-order chi connectivity index (χ0) is 16.8. The van der Waals surface area contributed by atoms with E-state index in [1.54, 1.807) is 0 Å². The van der Waals surface area contributed by atoms with E-state index in [0.717, 1.165) is 64.1 Å². The second-order valence-electron chi connectivity index (χ2n) is 6.51. The monoisotopic (exact) mass is 402 g/mol. The standard InChI is InChI=1S/C18H19BrN4O2/c19-12-7-13-16-14(8-12)24-6-4-20-18(16)17(22-13)11-9-21-23(10-11)15-3-1-2-5-25-15/h7-10,15,20,22H,1-6H2. The Kier molecular flexibility index (Phi) is 3.71. The number of halogens is 1. The number of aromatic nitrogens is 3. The van der Waals surface area contributed by atoms with Gasteiger partial charge in [0.15, 0.2) is 0 Å². The summed E-state index contributed by atoms with van der Waals surface area (Å²) in [5, 5.41) is 9.15. The largest absolute Gasteiger partial charge is 0.491 e. The van der Waals surface area contributed by atoms with Gasteiger partial charge in [0.05, 0.1) is 28.5 Å². The molecule has 2 N–H and O–H groups in total. The molecule has 2 aliphatic rings. The quantitative estimate of drug-likeness (QED) is 0.670. The van der Waals surface area contributed by atoms with E-state index >= 15 is 0 Å². The fourth-order valence-corrected chi connectivity index (χ4v) is 4.10. The van der Waals surface area contributed by atoms with Gasteiger partial charge in [-0.05, 0) is 31.4 Å². The summed E-state index contributed by atoms with van der Waals surface area (Å²) in [4.78, 5) is 3.53. The molecule has 5 rings (SSSR count). The third-order valence-corrected chi connectivity index (χ3v) is 5.29. The maximum atomic E-state index is 5.90. The van der Waals surface area contributed by atoms with Crippen molar-refractivity contribution in [1.29, 1.82) is 0 Å². The van der Waals surface area contributed by atoms with Crippen molar-refractivity contribution >= 4 is 32.5 Å². The smallest absolute Gasteiger partial charge is 0.150 e. The van der Waals surface area contributed by atoms with Crippen LogP contribution < -0.4 is 10.1 Å². The van der Waals surface area contributed by atoms with Crippen LogP contribution in [0.2, 0.25) is 0 Å². The van der Waals surface area contributed by atoms with Gasteiger partial charge in [-0.3, -0.25) is 0 Å². The second-order valence-corrected chi connectivity index (χ2v) is 7.42. The molecule has 0 aliphatic carbocycles. The zero-order valence-electron chi connectivity index (χ0n) is 13.7. The van der Waals surface area contributed by atoms with E-state index in [0.29, 0.717) is 6.61 Å². The van der Waals surface area contributed by atoms with Gasteiger partial charge in [0.25, 0.3) is 0 Å². The Morgan fingerprint density at radius 3 is 3.08 bits per heavy atom. The van der Waals surface area contributed by atoms with E-state index in [4.69, 9.17) is 9.47 Å². The Morgan fingerprint density at radius 2 is 2.20 bits per heavy atom. The molecule has 7 heteroatoms. The number of hydrogen-bond acceptors (Lipinski definition) is 4. The van der Waals surface area contributed by atoms with Gasteiger partial charge in [-0.1, -0.05) is 15.9 Å². The number of anilines is 1. The Balaban J connectivity index is 1.61. The molecule has 0 bridgehead atoms. The predicted molar refractivity (Wildman–Crippen MR) is 100 cm³/mol. The highest BCUT2D eigenvalue weighted by Crippen LogP contribution is 2.42. The Morgan fingerprint density at radius 1 is 1.24 bits per heavy atom. The summed E-state index contributed by atoms with van der Waals surface area (Å²) in [6, 6.07) is 4.10. The van der Waals surface area contributed by atoms with Crippen molar-refractivity contribution < 1.29 is 9.47 Å². The van der Waals surface area contributed by atoms with Crippen molar-refractivity contribution in [3.8, 4) is 17.0 Å². The summed E-state index contributed by atoms with van der Waals surface area (Å²) in [6.07, 6.45) is 7.36. The third-order valence-electron chi connectivity index (χ3n) is 4.83. The van der Waals surface area contributed by atoms with E-state index in [-0.39, 0.29) is 6.23 Å². The number of rotatable bonds is 2. The Hall–Kier alpha value is -1.99. The van der Waals surface area contributed by atoms with Gasteiger partial charge in [0, 0.05) is 29.4 Å². The molecule has 2 aliphatic heterocycles. The van der Waals surface area contributed by atoms with Gasteiger partial charge in [0.2, 0.25) is 0 Å².